The van der Waals surface area contributed by atoms with E-state index >= 15 is 0 Å². The fourth-order valence-electron chi connectivity index (χ4n) is 4.20. The topological polar surface area (TPSA) is 119 Å². The van der Waals surface area contributed by atoms with Crippen molar-refractivity contribution in [2.24, 2.45) is 0 Å². The molecule has 0 fully saturated rings. The van der Waals surface area contributed by atoms with E-state index in [2.05, 4.69) is 0 Å². The molecule has 0 saturated carbocycles. The van der Waals surface area contributed by atoms with Crippen molar-refractivity contribution >= 4 is 11.9 Å². The van der Waals surface area contributed by atoms with Crippen LogP contribution in [0, 0.1) is 0 Å². The molecule has 0 atom stereocenters. The van der Waals surface area contributed by atoms with Gasteiger partial charge in [-0.05, 0) is 54.4 Å². The van der Waals surface area contributed by atoms with Gasteiger partial charge in [0.2, 0.25) is 0 Å². The van der Waals surface area contributed by atoms with Crippen LogP contribution in [0.5, 0.6) is 23.0 Å². The van der Waals surface area contributed by atoms with E-state index in [1.54, 1.807) is 45.4 Å². The summed E-state index contributed by atoms with van der Waals surface area (Å²) in [5.41, 5.74) is 2.69. The number of esters is 1. The first kappa shape index (κ1) is 40.1. The third-order valence-electron chi connectivity index (χ3n) is 6.62. The van der Waals surface area contributed by atoms with Gasteiger partial charge in [0, 0.05) is 40.3 Å². The van der Waals surface area contributed by atoms with Crippen molar-refractivity contribution < 1.29 is 47.9 Å². The summed E-state index contributed by atoms with van der Waals surface area (Å²) >= 11 is 0. The normalized spacial score (nSPS) is 10.1. The summed E-state index contributed by atoms with van der Waals surface area (Å²) in [5.74, 6) is 0.695. The molecule has 4 aromatic rings. The van der Waals surface area contributed by atoms with Crippen LogP contribution in [-0.4, -0.2) is 64.3 Å². The summed E-state index contributed by atoms with van der Waals surface area (Å²) in [6.45, 7) is 5.01. The van der Waals surface area contributed by atoms with Gasteiger partial charge in [-0.25, -0.2) is 9.59 Å². The molecule has 0 heterocycles. The predicted octanol–water partition coefficient (Wildman–Crippen LogP) is 7.87. The summed E-state index contributed by atoms with van der Waals surface area (Å²) in [6, 6.07) is 29.3. The summed E-state index contributed by atoms with van der Waals surface area (Å²) in [6.07, 6.45) is 1.46. The summed E-state index contributed by atoms with van der Waals surface area (Å²) in [4.78, 5) is 23.0. The maximum absolute atomic E-state index is 11.9. The fraction of sp³-hybridized carbons (Fsp3) is 0.333. The number of methoxy groups -OCH3 is 2. The summed E-state index contributed by atoms with van der Waals surface area (Å²) in [5, 5.41) is 9.10. The van der Waals surface area contributed by atoms with Crippen LogP contribution in [0.25, 0.3) is 0 Å². The largest absolute Gasteiger partial charge is 0.490 e. The predicted molar refractivity (Wildman–Crippen MR) is 188 cm³/mol. The minimum absolute atomic E-state index is 0. The third-order valence-corrected chi connectivity index (χ3v) is 6.62. The standard InChI is InChI=1S/C20H24O5.C18H20O5.CH4/c1-3-23-20(21)17-10-11-18(19(14-17)24-13-7-12-22-2)25-15-16-8-5-4-6-9-16;1-21-10-5-11-22-17-12-15(18(19)20)8-9-16(17)23-13-14-6-3-2-4-7-14;/h4-6,8-11,14H,3,7,12-13,15H2,1-2H3;2-4,6-9,12H,5,10-11,13H2,1H3,(H,19,20);1H4. The second-order valence-corrected chi connectivity index (χ2v) is 10.3. The van der Waals surface area contributed by atoms with Crippen molar-refractivity contribution in [3.8, 4) is 23.0 Å². The first-order chi connectivity index (χ1) is 23.4. The SMILES string of the molecule is C.CCOC(=O)c1ccc(OCc2ccccc2)c(OCCCOC)c1.COCCCOc1cc(C(=O)O)ccc1OCc1ccccc1. The van der Waals surface area contributed by atoms with Gasteiger partial charge in [-0.2, -0.15) is 0 Å². The van der Waals surface area contributed by atoms with Gasteiger partial charge in [-0.3, -0.25) is 0 Å². The Hall–Kier alpha value is -5.06. The van der Waals surface area contributed by atoms with E-state index in [9.17, 15) is 9.59 Å². The van der Waals surface area contributed by atoms with E-state index in [1.165, 1.54) is 12.1 Å². The number of carbonyl (C=O) groups excluding carboxylic acids is 1. The molecule has 0 aliphatic heterocycles. The Balaban J connectivity index is 0.000000334. The molecule has 4 rings (SSSR count). The lowest BCUT2D eigenvalue weighted by molar-refractivity contribution is 0.0525. The lowest BCUT2D eigenvalue weighted by Crippen LogP contribution is -2.07. The molecule has 49 heavy (non-hydrogen) atoms. The van der Waals surface area contributed by atoms with Crippen molar-refractivity contribution in [2.75, 3.05) is 47.3 Å². The molecule has 10 nitrogen and oxygen atoms in total. The molecular formula is C39H48O10. The number of hydrogen-bond acceptors (Lipinski definition) is 9. The van der Waals surface area contributed by atoms with Crippen LogP contribution >= 0.6 is 0 Å². The number of rotatable bonds is 19. The molecule has 4 aromatic carbocycles. The van der Waals surface area contributed by atoms with Gasteiger partial charge in [-0.1, -0.05) is 68.1 Å². The third kappa shape index (κ3) is 14.7. The zero-order valence-corrected chi connectivity index (χ0v) is 27.7. The molecule has 0 bridgehead atoms. The van der Waals surface area contributed by atoms with Gasteiger partial charge in [0.25, 0.3) is 0 Å². The Morgan fingerprint density at radius 2 is 1.02 bits per heavy atom. The second-order valence-electron chi connectivity index (χ2n) is 10.3. The minimum Gasteiger partial charge on any atom is -0.490 e. The van der Waals surface area contributed by atoms with Gasteiger partial charge in [-0.15, -0.1) is 0 Å². The van der Waals surface area contributed by atoms with E-state index in [-0.39, 0.29) is 19.0 Å². The number of aromatic carboxylic acids is 1. The smallest absolute Gasteiger partial charge is 0.338 e. The Morgan fingerprint density at radius 3 is 1.45 bits per heavy atom. The van der Waals surface area contributed by atoms with Gasteiger partial charge in [0.1, 0.15) is 13.2 Å². The zero-order chi connectivity index (χ0) is 34.4. The molecular weight excluding hydrogens is 628 g/mol. The van der Waals surface area contributed by atoms with Crippen LogP contribution < -0.4 is 18.9 Å². The summed E-state index contributed by atoms with van der Waals surface area (Å²) in [7, 11) is 3.27. The first-order valence-electron chi connectivity index (χ1n) is 15.7. The zero-order valence-electron chi connectivity index (χ0n) is 27.7. The van der Waals surface area contributed by atoms with Gasteiger partial charge < -0.3 is 38.3 Å². The van der Waals surface area contributed by atoms with Crippen LogP contribution in [0.1, 0.15) is 59.0 Å². The average molecular weight is 677 g/mol. The number of carboxylic acid groups (broad SMARTS) is 1. The number of hydrogen-bond donors (Lipinski definition) is 1. The molecule has 0 radical (unpaired) electrons. The number of carboxylic acids is 1. The Bertz CT molecular complexity index is 1510. The van der Waals surface area contributed by atoms with E-state index in [4.69, 9.17) is 38.3 Å². The quantitative estimate of drug-likeness (QED) is 0.0776. The van der Waals surface area contributed by atoms with Crippen LogP contribution in [0.3, 0.4) is 0 Å². The van der Waals surface area contributed by atoms with E-state index in [0.29, 0.717) is 81.2 Å². The Labute approximate surface area is 289 Å². The molecule has 264 valence electrons. The maximum Gasteiger partial charge on any atom is 0.338 e. The van der Waals surface area contributed by atoms with Crippen molar-refractivity contribution in [3.05, 3.63) is 119 Å². The monoisotopic (exact) mass is 676 g/mol. The lowest BCUT2D eigenvalue weighted by atomic mass is 10.2. The van der Waals surface area contributed by atoms with E-state index < -0.39 is 5.97 Å². The van der Waals surface area contributed by atoms with Crippen molar-refractivity contribution in [3.63, 3.8) is 0 Å². The second kappa shape index (κ2) is 23.3. The van der Waals surface area contributed by atoms with Crippen molar-refractivity contribution in [1.29, 1.82) is 0 Å². The molecule has 1 N–H and O–H groups in total. The Kier molecular flexibility index (Phi) is 19.1. The van der Waals surface area contributed by atoms with Gasteiger partial charge >= 0.3 is 11.9 Å². The van der Waals surface area contributed by atoms with Crippen molar-refractivity contribution in [1.82, 2.24) is 0 Å². The molecule has 0 aliphatic carbocycles. The van der Waals surface area contributed by atoms with Crippen LogP contribution in [0.2, 0.25) is 0 Å². The molecule has 0 aliphatic rings. The number of benzene rings is 4. The van der Waals surface area contributed by atoms with Crippen LogP contribution in [0.4, 0.5) is 0 Å². The number of carbonyl (C=O) groups is 2. The molecule has 0 unspecified atom stereocenters. The van der Waals surface area contributed by atoms with E-state index in [0.717, 1.165) is 17.5 Å². The highest BCUT2D eigenvalue weighted by Crippen LogP contribution is 2.31. The van der Waals surface area contributed by atoms with Gasteiger partial charge in [0.05, 0.1) is 30.9 Å². The number of ether oxygens (including phenoxy) is 7. The minimum atomic E-state index is -0.999. The highest BCUT2D eigenvalue weighted by molar-refractivity contribution is 5.90. The van der Waals surface area contributed by atoms with Crippen molar-refractivity contribution in [2.45, 2.75) is 40.4 Å². The average Bonchev–Trinajstić information content (AvgIpc) is 3.12. The fourth-order valence-corrected chi connectivity index (χ4v) is 4.20. The van der Waals surface area contributed by atoms with Crippen LogP contribution in [-0.2, 0) is 27.4 Å². The van der Waals surface area contributed by atoms with E-state index in [1.807, 2.05) is 60.7 Å². The molecule has 0 spiro atoms. The maximum atomic E-state index is 11.9. The molecule has 0 saturated heterocycles. The molecule has 10 heteroatoms. The van der Waals surface area contributed by atoms with Crippen LogP contribution in [0.15, 0.2) is 97.1 Å². The molecule has 0 aromatic heterocycles. The first-order valence-corrected chi connectivity index (χ1v) is 15.7. The molecule has 0 amide bonds. The highest BCUT2D eigenvalue weighted by Gasteiger charge is 2.14. The Morgan fingerprint density at radius 1 is 0.571 bits per heavy atom. The lowest BCUT2D eigenvalue weighted by Gasteiger charge is -2.14. The summed E-state index contributed by atoms with van der Waals surface area (Å²) < 4.78 is 38.1. The van der Waals surface area contributed by atoms with Gasteiger partial charge in [0.15, 0.2) is 23.0 Å². The highest BCUT2D eigenvalue weighted by atomic mass is 16.5.